The summed E-state index contributed by atoms with van der Waals surface area (Å²) in [7, 11) is 0. The number of fused-ring (bicyclic) bond motifs is 1. The van der Waals surface area contributed by atoms with E-state index in [4.69, 9.17) is 0 Å². The fourth-order valence-corrected chi connectivity index (χ4v) is 2.39. The molecule has 1 aromatic heterocycles. The number of nitrogens with zero attached hydrogens (tertiary/aromatic N) is 1. The van der Waals surface area contributed by atoms with Crippen LogP contribution in [-0.2, 0) is 6.54 Å². The molecule has 0 saturated heterocycles. The molecular formula is C17H15NO2. The molecule has 0 amide bonds. The summed E-state index contributed by atoms with van der Waals surface area (Å²) in [6.07, 6.45) is -0.695. The molecule has 3 rings (SSSR count). The molecule has 100 valence electrons. The third-order valence-electron chi connectivity index (χ3n) is 3.44. The molecule has 3 heteroatoms. The van der Waals surface area contributed by atoms with E-state index >= 15 is 0 Å². The molecule has 0 aliphatic rings. The number of para-hydroxylation sites is 1. The van der Waals surface area contributed by atoms with E-state index in [9.17, 15) is 9.90 Å². The summed E-state index contributed by atoms with van der Waals surface area (Å²) in [5, 5.41) is 11.3. The van der Waals surface area contributed by atoms with Crippen molar-refractivity contribution >= 4 is 10.9 Å². The first-order valence-corrected chi connectivity index (χ1v) is 6.57. The molecule has 1 heterocycles. The molecule has 1 N–H and O–H groups in total. The van der Waals surface area contributed by atoms with Crippen LogP contribution >= 0.6 is 0 Å². The van der Waals surface area contributed by atoms with Crippen molar-refractivity contribution < 1.29 is 5.11 Å². The van der Waals surface area contributed by atoms with Crippen LogP contribution in [0.1, 0.15) is 11.7 Å². The lowest BCUT2D eigenvalue weighted by Crippen LogP contribution is -2.22. The molecule has 2 aromatic carbocycles. The van der Waals surface area contributed by atoms with Gasteiger partial charge in [0.25, 0.3) is 5.56 Å². The molecule has 0 radical (unpaired) electrons. The minimum Gasteiger partial charge on any atom is -0.387 e. The number of rotatable bonds is 3. The van der Waals surface area contributed by atoms with Gasteiger partial charge in [0.2, 0.25) is 0 Å². The van der Waals surface area contributed by atoms with Crippen LogP contribution in [0.4, 0.5) is 0 Å². The third kappa shape index (κ3) is 2.36. The Bertz CT molecular complexity index is 778. The molecule has 1 atom stereocenters. The van der Waals surface area contributed by atoms with Gasteiger partial charge in [-0.25, -0.2) is 0 Å². The Balaban J connectivity index is 2.03. The van der Waals surface area contributed by atoms with Gasteiger partial charge in [0.15, 0.2) is 0 Å². The quantitative estimate of drug-likeness (QED) is 0.791. The van der Waals surface area contributed by atoms with Crippen molar-refractivity contribution in [2.24, 2.45) is 0 Å². The summed E-state index contributed by atoms with van der Waals surface area (Å²) >= 11 is 0. The average molecular weight is 265 g/mol. The Morgan fingerprint density at radius 2 is 1.60 bits per heavy atom. The van der Waals surface area contributed by atoms with Crippen LogP contribution in [0, 0.1) is 0 Å². The maximum absolute atomic E-state index is 12.1. The largest absolute Gasteiger partial charge is 0.387 e. The van der Waals surface area contributed by atoms with Crippen molar-refractivity contribution in [1.82, 2.24) is 4.57 Å². The summed E-state index contributed by atoms with van der Waals surface area (Å²) in [6, 6.07) is 20.4. The van der Waals surface area contributed by atoms with Gasteiger partial charge in [-0.2, -0.15) is 0 Å². The lowest BCUT2D eigenvalue weighted by atomic mass is 10.1. The van der Waals surface area contributed by atoms with E-state index in [1.165, 1.54) is 0 Å². The van der Waals surface area contributed by atoms with Gasteiger partial charge >= 0.3 is 0 Å². The first kappa shape index (κ1) is 12.6. The predicted molar refractivity (Wildman–Crippen MR) is 79.6 cm³/mol. The number of aliphatic hydroxyl groups is 1. The zero-order valence-electron chi connectivity index (χ0n) is 10.9. The van der Waals surface area contributed by atoms with Gasteiger partial charge in [0, 0.05) is 6.07 Å². The van der Waals surface area contributed by atoms with Crippen molar-refractivity contribution in [1.29, 1.82) is 0 Å². The molecule has 20 heavy (non-hydrogen) atoms. The second-order valence-corrected chi connectivity index (χ2v) is 4.77. The Morgan fingerprint density at radius 3 is 2.40 bits per heavy atom. The Labute approximate surface area is 116 Å². The van der Waals surface area contributed by atoms with Crippen LogP contribution in [0.2, 0.25) is 0 Å². The van der Waals surface area contributed by atoms with E-state index < -0.39 is 6.10 Å². The fraction of sp³-hybridized carbons (Fsp3) is 0.118. The highest BCUT2D eigenvalue weighted by Gasteiger charge is 2.10. The van der Waals surface area contributed by atoms with Crippen LogP contribution in [0.15, 0.2) is 71.5 Å². The van der Waals surface area contributed by atoms with Crippen molar-refractivity contribution in [2.75, 3.05) is 0 Å². The second-order valence-electron chi connectivity index (χ2n) is 4.77. The number of aromatic nitrogens is 1. The van der Waals surface area contributed by atoms with Gasteiger partial charge in [0.05, 0.1) is 18.2 Å². The molecule has 0 aliphatic carbocycles. The van der Waals surface area contributed by atoms with E-state index in [1.807, 2.05) is 60.7 Å². The van der Waals surface area contributed by atoms with Crippen molar-refractivity contribution in [3.63, 3.8) is 0 Å². The van der Waals surface area contributed by atoms with Gasteiger partial charge in [-0.3, -0.25) is 4.79 Å². The summed E-state index contributed by atoms with van der Waals surface area (Å²) in [5.41, 5.74) is 1.56. The molecule has 0 aliphatic heterocycles. The molecule has 0 saturated carbocycles. The molecule has 0 fully saturated rings. The van der Waals surface area contributed by atoms with Crippen LogP contribution in [0.3, 0.4) is 0 Å². The minimum absolute atomic E-state index is 0.0984. The first-order valence-electron chi connectivity index (χ1n) is 6.57. The molecular weight excluding hydrogens is 250 g/mol. The van der Waals surface area contributed by atoms with Crippen molar-refractivity contribution in [3.8, 4) is 0 Å². The number of hydrogen-bond donors (Lipinski definition) is 1. The van der Waals surface area contributed by atoms with E-state index in [0.29, 0.717) is 0 Å². The maximum Gasteiger partial charge on any atom is 0.251 e. The minimum atomic E-state index is -0.695. The van der Waals surface area contributed by atoms with E-state index in [-0.39, 0.29) is 12.1 Å². The lowest BCUT2D eigenvalue weighted by Gasteiger charge is -2.15. The van der Waals surface area contributed by atoms with E-state index in [2.05, 4.69) is 0 Å². The van der Waals surface area contributed by atoms with Crippen LogP contribution in [-0.4, -0.2) is 9.67 Å². The number of benzene rings is 2. The molecule has 3 aromatic rings. The first-order chi connectivity index (χ1) is 9.75. The number of aliphatic hydroxyl groups excluding tert-OH is 1. The zero-order valence-corrected chi connectivity index (χ0v) is 10.9. The van der Waals surface area contributed by atoms with Gasteiger partial charge in [-0.05, 0) is 23.1 Å². The summed E-state index contributed by atoms with van der Waals surface area (Å²) in [5.74, 6) is 0. The monoisotopic (exact) mass is 265 g/mol. The van der Waals surface area contributed by atoms with Crippen LogP contribution in [0.5, 0.6) is 0 Å². The van der Waals surface area contributed by atoms with E-state index in [1.54, 1.807) is 10.6 Å². The standard InChI is InChI=1S/C17H15NO2/c19-16(14-7-2-1-3-8-14)12-18-15-9-5-4-6-13(15)10-11-17(18)20/h1-11,16,19H,12H2. The predicted octanol–water partition coefficient (Wildman–Crippen LogP) is 2.74. The maximum atomic E-state index is 12.1. The summed E-state index contributed by atoms with van der Waals surface area (Å²) < 4.78 is 1.62. The Kier molecular flexibility index (Phi) is 3.35. The van der Waals surface area contributed by atoms with Crippen molar-refractivity contribution in [2.45, 2.75) is 12.6 Å². The van der Waals surface area contributed by atoms with Crippen LogP contribution in [0.25, 0.3) is 10.9 Å². The highest BCUT2D eigenvalue weighted by atomic mass is 16.3. The Hall–Kier alpha value is -2.39. The smallest absolute Gasteiger partial charge is 0.251 e. The second kappa shape index (κ2) is 5.31. The van der Waals surface area contributed by atoms with Gasteiger partial charge in [0.1, 0.15) is 0 Å². The summed E-state index contributed by atoms with van der Waals surface area (Å²) in [6.45, 7) is 0.254. The van der Waals surface area contributed by atoms with Crippen molar-refractivity contribution in [3.05, 3.63) is 82.6 Å². The number of pyridine rings is 1. The summed E-state index contributed by atoms with van der Waals surface area (Å²) in [4.78, 5) is 12.1. The fourth-order valence-electron chi connectivity index (χ4n) is 2.39. The van der Waals surface area contributed by atoms with Gasteiger partial charge < -0.3 is 9.67 Å². The SMILES string of the molecule is O=c1ccc2ccccc2n1CC(O)c1ccccc1. The molecule has 3 nitrogen and oxygen atoms in total. The lowest BCUT2D eigenvalue weighted by molar-refractivity contribution is 0.157. The normalized spacial score (nSPS) is 12.4. The molecule has 0 spiro atoms. The number of hydrogen-bond acceptors (Lipinski definition) is 2. The van der Waals surface area contributed by atoms with Crippen LogP contribution < -0.4 is 5.56 Å². The topological polar surface area (TPSA) is 42.2 Å². The highest BCUT2D eigenvalue weighted by molar-refractivity contribution is 5.78. The molecule has 0 bridgehead atoms. The highest BCUT2D eigenvalue weighted by Crippen LogP contribution is 2.17. The zero-order chi connectivity index (χ0) is 13.9. The Morgan fingerprint density at radius 1 is 0.900 bits per heavy atom. The third-order valence-corrected chi connectivity index (χ3v) is 3.44. The molecule has 1 unspecified atom stereocenters. The average Bonchev–Trinajstić information content (AvgIpc) is 2.51. The van der Waals surface area contributed by atoms with Gasteiger partial charge in [-0.1, -0.05) is 48.5 Å². The van der Waals surface area contributed by atoms with E-state index in [0.717, 1.165) is 16.5 Å². The van der Waals surface area contributed by atoms with Gasteiger partial charge in [-0.15, -0.1) is 0 Å².